The number of carbonyl (C=O) groups excluding carboxylic acids is 1. The van der Waals surface area contributed by atoms with Crippen LogP contribution < -0.4 is 14.9 Å². The standard InChI is InChI=1S/C22H35N3O3S/c1-4-16(2)24-29(27,28)21-15-19(23-22(26)18-10-5-6-11-18)12-13-20(21)25-14-8-7-9-17(25)3/h12-13,15-18,24H,4-11,14H2,1-3H3,(H,23,26)/t16-,17+/m1/s1. The Labute approximate surface area is 175 Å². The first-order valence-corrected chi connectivity index (χ1v) is 12.5. The van der Waals surface area contributed by atoms with Crippen LogP contribution in [0.2, 0.25) is 0 Å². The van der Waals surface area contributed by atoms with Gasteiger partial charge in [-0.3, -0.25) is 4.79 Å². The number of nitrogens with one attached hydrogen (secondary N) is 2. The molecule has 0 aromatic heterocycles. The minimum absolute atomic E-state index is 0.000163. The maximum absolute atomic E-state index is 13.2. The number of piperidine rings is 1. The lowest BCUT2D eigenvalue weighted by atomic mass is 10.0. The molecule has 0 unspecified atom stereocenters. The van der Waals surface area contributed by atoms with Crippen LogP contribution >= 0.6 is 0 Å². The van der Waals surface area contributed by atoms with Gasteiger partial charge in [0, 0.05) is 30.2 Å². The first-order valence-electron chi connectivity index (χ1n) is 11.1. The van der Waals surface area contributed by atoms with E-state index in [4.69, 9.17) is 0 Å². The Morgan fingerprint density at radius 3 is 2.52 bits per heavy atom. The Kier molecular flexibility index (Phi) is 7.22. The Morgan fingerprint density at radius 2 is 1.86 bits per heavy atom. The summed E-state index contributed by atoms with van der Waals surface area (Å²) in [7, 11) is -3.70. The fourth-order valence-corrected chi connectivity index (χ4v) is 5.91. The molecule has 0 radical (unpaired) electrons. The molecule has 29 heavy (non-hydrogen) atoms. The van der Waals surface area contributed by atoms with E-state index in [2.05, 4.69) is 21.9 Å². The third-order valence-corrected chi connectivity index (χ3v) is 7.94. The summed E-state index contributed by atoms with van der Waals surface area (Å²) < 4.78 is 29.2. The molecule has 7 heteroatoms. The smallest absolute Gasteiger partial charge is 0.242 e. The van der Waals surface area contributed by atoms with Crippen LogP contribution in [0.4, 0.5) is 11.4 Å². The van der Waals surface area contributed by atoms with Crippen molar-refractivity contribution in [3.63, 3.8) is 0 Å². The third-order valence-electron chi connectivity index (χ3n) is 6.32. The summed E-state index contributed by atoms with van der Waals surface area (Å²) in [6.07, 6.45) is 7.99. The Balaban J connectivity index is 1.94. The zero-order valence-corrected chi connectivity index (χ0v) is 18.7. The minimum Gasteiger partial charge on any atom is -0.368 e. The van der Waals surface area contributed by atoms with Crippen molar-refractivity contribution in [1.29, 1.82) is 0 Å². The summed E-state index contributed by atoms with van der Waals surface area (Å²) in [5.41, 5.74) is 1.28. The maximum atomic E-state index is 13.2. The van der Waals surface area contributed by atoms with Crippen LogP contribution in [0.25, 0.3) is 0 Å². The number of benzene rings is 1. The van der Waals surface area contributed by atoms with E-state index in [0.29, 0.717) is 18.2 Å². The van der Waals surface area contributed by atoms with Crippen molar-refractivity contribution in [3.8, 4) is 0 Å². The van der Waals surface area contributed by atoms with E-state index >= 15 is 0 Å². The van der Waals surface area contributed by atoms with E-state index in [9.17, 15) is 13.2 Å². The normalized spacial score (nSPS) is 21.9. The van der Waals surface area contributed by atoms with Gasteiger partial charge in [0.1, 0.15) is 4.90 Å². The van der Waals surface area contributed by atoms with Crippen molar-refractivity contribution >= 4 is 27.3 Å². The zero-order chi connectivity index (χ0) is 21.0. The summed E-state index contributed by atoms with van der Waals surface area (Å²) in [5, 5.41) is 2.96. The number of carbonyl (C=O) groups is 1. The monoisotopic (exact) mass is 421 g/mol. The van der Waals surface area contributed by atoms with Crippen molar-refractivity contribution in [1.82, 2.24) is 4.72 Å². The zero-order valence-electron chi connectivity index (χ0n) is 17.9. The van der Waals surface area contributed by atoms with E-state index in [-0.39, 0.29) is 22.8 Å². The van der Waals surface area contributed by atoms with Crippen molar-refractivity contribution < 1.29 is 13.2 Å². The SMILES string of the molecule is CC[C@@H](C)NS(=O)(=O)c1cc(NC(=O)C2CCCC2)ccc1N1CCCC[C@@H]1C. The Hall–Kier alpha value is -1.60. The number of amides is 1. The highest BCUT2D eigenvalue weighted by molar-refractivity contribution is 7.89. The van der Waals surface area contributed by atoms with E-state index in [1.165, 1.54) is 6.42 Å². The highest BCUT2D eigenvalue weighted by Gasteiger charge is 2.28. The van der Waals surface area contributed by atoms with Gasteiger partial charge in [0.15, 0.2) is 0 Å². The van der Waals surface area contributed by atoms with Crippen molar-refractivity contribution in [3.05, 3.63) is 18.2 Å². The molecule has 2 atom stereocenters. The van der Waals surface area contributed by atoms with Gasteiger partial charge in [0.05, 0.1) is 5.69 Å². The molecule has 1 saturated carbocycles. The Bertz CT molecular complexity index is 819. The molecule has 0 bridgehead atoms. The molecule has 2 aliphatic rings. The first kappa shape index (κ1) is 22.1. The van der Waals surface area contributed by atoms with Gasteiger partial charge in [0.2, 0.25) is 15.9 Å². The molecule has 1 saturated heterocycles. The van der Waals surface area contributed by atoms with Gasteiger partial charge in [-0.05, 0) is 70.6 Å². The molecule has 1 aromatic rings. The lowest BCUT2D eigenvalue weighted by Crippen LogP contribution is -2.39. The average molecular weight is 422 g/mol. The molecule has 1 aliphatic heterocycles. The summed E-state index contributed by atoms with van der Waals surface area (Å²) in [6.45, 7) is 6.82. The quantitative estimate of drug-likeness (QED) is 0.689. The fourth-order valence-electron chi connectivity index (χ4n) is 4.34. The largest absolute Gasteiger partial charge is 0.368 e. The highest BCUT2D eigenvalue weighted by atomic mass is 32.2. The Morgan fingerprint density at radius 1 is 1.17 bits per heavy atom. The van der Waals surface area contributed by atoms with Crippen LogP contribution in [-0.2, 0) is 14.8 Å². The minimum atomic E-state index is -3.70. The number of anilines is 2. The van der Waals surface area contributed by atoms with E-state index in [0.717, 1.165) is 50.8 Å². The van der Waals surface area contributed by atoms with Crippen molar-refractivity contribution in [2.24, 2.45) is 5.92 Å². The first-order chi connectivity index (χ1) is 13.8. The van der Waals surface area contributed by atoms with Crippen LogP contribution in [0.5, 0.6) is 0 Å². The highest BCUT2D eigenvalue weighted by Crippen LogP contribution is 2.34. The second-order valence-electron chi connectivity index (χ2n) is 8.62. The van der Waals surface area contributed by atoms with Crippen LogP contribution in [0.1, 0.15) is 72.1 Å². The lowest BCUT2D eigenvalue weighted by molar-refractivity contribution is -0.119. The van der Waals surface area contributed by atoms with Gasteiger partial charge in [-0.1, -0.05) is 19.8 Å². The molecule has 0 spiro atoms. The molecule has 2 N–H and O–H groups in total. The van der Waals surface area contributed by atoms with Gasteiger partial charge in [0.25, 0.3) is 0 Å². The predicted octanol–water partition coefficient (Wildman–Crippen LogP) is 4.27. The van der Waals surface area contributed by atoms with Crippen molar-refractivity contribution in [2.75, 3.05) is 16.8 Å². The van der Waals surface area contributed by atoms with Crippen LogP contribution in [0.15, 0.2) is 23.1 Å². The second kappa shape index (κ2) is 9.47. The number of nitrogens with zero attached hydrogens (tertiary/aromatic N) is 1. The number of sulfonamides is 1. The van der Waals surface area contributed by atoms with Crippen LogP contribution in [0, 0.1) is 5.92 Å². The molecule has 1 aromatic carbocycles. The van der Waals surface area contributed by atoms with Gasteiger partial charge >= 0.3 is 0 Å². The predicted molar refractivity (Wildman–Crippen MR) is 118 cm³/mol. The van der Waals surface area contributed by atoms with Gasteiger partial charge in [-0.25, -0.2) is 13.1 Å². The number of rotatable bonds is 7. The fraction of sp³-hybridized carbons (Fsp3) is 0.682. The topological polar surface area (TPSA) is 78.5 Å². The van der Waals surface area contributed by atoms with Crippen LogP contribution in [-0.4, -0.2) is 33.0 Å². The molecule has 6 nitrogen and oxygen atoms in total. The van der Waals surface area contributed by atoms with Gasteiger partial charge < -0.3 is 10.2 Å². The van der Waals surface area contributed by atoms with E-state index < -0.39 is 10.0 Å². The van der Waals surface area contributed by atoms with Gasteiger partial charge in [-0.15, -0.1) is 0 Å². The van der Waals surface area contributed by atoms with E-state index in [1.807, 2.05) is 26.0 Å². The molecule has 1 amide bonds. The maximum Gasteiger partial charge on any atom is 0.242 e. The van der Waals surface area contributed by atoms with Gasteiger partial charge in [-0.2, -0.15) is 0 Å². The summed E-state index contributed by atoms with van der Waals surface area (Å²) in [6, 6.07) is 5.47. The average Bonchev–Trinajstić information content (AvgIpc) is 3.23. The molecule has 3 rings (SSSR count). The molecule has 1 aliphatic carbocycles. The molecular weight excluding hydrogens is 386 g/mol. The number of hydrogen-bond acceptors (Lipinski definition) is 4. The molecule has 2 fully saturated rings. The second-order valence-corrected chi connectivity index (χ2v) is 10.3. The van der Waals surface area contributed by atoms with Crippen LogP contribution in [0.3, 0.4) is 0 Å². The molecular formula is C22H35N3O3S. The number of hydrogen-bond donors (Lipinski definition) is 2. The summed E-state index contributed by atoms with van der Waals surface area (Å²) in [5.74, 6) is 0.0370. The molecule has 1 heterocycles. The summed E-state index contributed by atoms with van der Waals surface area (Å²) in [4.78, 5) is 15.0. The van der Waals surface area contributed by atoms with Crippen molar-refractivity contribution in [2.45, 2.75) is 89.1 Å². The summed E-state index contributed by atoms with van der Waals surface area (Å²) >= 11 is 0. The third kappa shape index (κ3) is 5.31. The molecule has 162 valence electrons. The lowest BCUT2D eigenvalue weighted by Gasteiger charge is -2.36. The van der Waals surface area contributed by atoms with E-state index in [1.54, 1.807) is 6.07 Å².